The third-order valence-corrected chi connectivity index (χ3v) is 7.09. The monoisotopic (exact) mass is 423 g/mol. The molecule has 2 saturated heterocycles. The van der Waals surface area contributed by atoms with Gasteiger partial charge in [-0.05, 0) is 24.6 Å². The largest absolute Gasteiger partial charge is 0.378 e. The highest BCUT2D eigenvalue weighted by Crippen LogP contribution is 2.36. The lowest BCUT2D eigenvalue weighted by Crippen LogP contribution is -2.46. The van der Waals surface area contributed by atoms with E-state index < -0.39 is 0 Å². The maximum Gasteiger partial charge on any atom is 0.264 e. The maximum atomic E-state index is 13.1. The third-order valence-electron chi connectivity index (χ3n) is 5.90. The lowest BCUT2D eigenvalue weighted by atomic mass is 10.1. The number of aryl methyl sites for hydroxylation is 1. The van der Waals surface area contributed by atoms with E-state index in [1.165, 1.54) is 17.0 Å². The number of hydrogen-bond donors (Lipinski definition) is 0. The van der Waals surface area contributed by atoms with Gasteiger partial charge in [0.25, 0.3) is 5.91 Å². The number of para-hydroxylation sites is 1. The Morgan fingerprint density at radius 3 is 2.40 bits per heavy atom. The molecule has 3 aromatic rings. The van der Waals surface area contributed by atoms with Crippen molar-refractivity contribution in [2.75, 3.05) is 62.3 Å². The average Bonchev–Trinajstić information content (AvgIpc) is 3.16. The number of nitrogens with zero attached hydrogens (tertiary/aromatic N) is 5. The summed E-state index contributed by atoms with van der Waals surface area (Å²) in [5.41, 5.74) is 2.25. The number of carbonyl (C=O) groups excluding carboxylic acids is 1. The number of rotatable bonds is 3. The molecule has 1 aromatic carbocycles. The van der Waals surface area contributed by atoms with Crippen LogP contribution >= 0.6 is 11.3 Å². The minimum atomic E-state index is 0.0821. The highest BCUT2D eigenvalue weighted by atomic mass is 32.1. The number of piperazine rings is 1. The number of ether oxygens (including phenoxy) is 1. The van der Waals surface area contributed by atoms with Gasteiger partial charge in [0, 0.05) is 45.0 Å². The highest BCUT2D eigenvalue weighted by Gasteiger charge is 2.27. The lowest BCUT2D eigenvalue weighted by Gasteiger charge is -2.37. The number of morpholine rings is 1. The summed E-state index contributed by atoms with van der Waals surface area (Å²) in [7, 11) is 0. The van der Waals surface area contributed by atoms with Gasteiger partial charge in [0.1, 0.15) is 17.0 Å². The summed E-state index contributed by atoms with van der Waals surface area (Å²) in [5.74, 6) is 1.03. The standard InChI is InChI=1S/C22H25N5O2S/c1-16-18-20(26-9-7-25(8-10-26)17-5-3-2-4-6-17)23-15-24-21(18)30-19(16)22(28)27-11-13-29-14-12-27/h2-6,15H,7-14H2,1H3. The van der Waals surface area contributed by atoms with Crippen molar-refractivity contribution < 1.29 is 9.53 Å². The molecule has 4 heterocycles. The number of benzene rings is 1. The van der Waals surface area contributed by atoms with Crippen LogP contribution < -0.4 is 9.80 Å². The Hall–Kier alpha value is -2.71. The summed E-state index contributed by atoms with van der Waals surface area (Å²) in [4.78, 5) is 30.5. The minimum absolute atomic E-state index is 0.0821. The van der Waals surface area contributed by atoms with E-state index in [9.17, 15) is 4.79 Å². The number of carbonyl (C=O) groups is 1. The fourth-order valence-electron chi connectivity index (χ4n) is 4.22. The van der Waals surface area contributed by atoms with E-state index >= 15 is 0 Å². The highest BCUT2D eigenvalue weighted by molar-refractivity contribution is 7.20. The van der Waals surface area contributed by atoms with Crippen molar-refractivity contribution in [3.05, 3.63) is 47.1 Å². The number of hydrogen-bond acceptors (Lipinski definition) is 7. The van der Waals surface area contributed by atoms with Crippen LogP contribution in [0.5, 0.6) is 0 Å². The molecule has 0 atom stereocenters. The molecule has 0 spiro atoms. The zero-order chi connectivity index (χ0) is 20.5. The van der Waals surface area contributed by atoms with Crippen molar-refractivity contribution in [1.82, 2.24) is 14.9 Å². The van der Waals surface area contributed by atoms with Crippen LogP contribution in [0.4, 0.5) is 11.5 Å². The van der Waals surface area contributed by atoms with Crippen LogP contribution in [-0.2, 0) is 4.74 Å². The van der Waals surface area contributed by atoms with E-state index in [0.717, 1.165) is 52.7 Å². The number of anilines is 2. The first-order chi connectivity index (χ1) is 14.7. The number of aromatic nitrogens is 2. The van der Waals surface area contributed by atoms with Crippen LogP contribution in [-0.4, -0.2) is 73.3 Å². The molecule has 2 aliphatic heterocycles. The average molecular weight is 424 g/mol. The lowest BCUT2D eigenvalue weighted by molar-refractivity contribution is 0.0306. The molecular weight excluding hydrogens is 398 g/mol. The predicted molar refractivity (Wildman–Crippen MR) is 120 cm³/mol. The van der Waals surface area contributed by atoms with Crippen LogP contribution in [0, 0.1) is 6.92 Å². The van der Waals surface area contributed by atoms with Crippen LogP contribution in [0.1, 0.15) is 15.2 Å². The topological polar surface area (TPSA) is 61.8 Å². The molecule has 5 rings (SSSR count). The fraction of sp³-hybridized carbons (Fsp3) is 0.409. The Bertz CT molecular complexity index is 1040. The van der Waals surface area contributed by atoms with E-state index in [2.05, 4.69) is 44.0 Å². The van der Waals surface area contributed by atoms with E-state index in [-0.39, 0.29) is 5.91 Å². The molecule has 0 aliphatic carbocycles. The molecular formula is C22H25N5O2S. The summed E-state index contributed by atoms with van der Waals surface area (Å²) < 4.78 is 5.39. The second kappa shape index (κ2) is 8.20. The van der Waals surface area contributed by atoms with Crippen LogP contribution in [0.15, 0.2) is 36.7 Å². The molecule has 8 heteroatoms. The summed E-state index contributed by atoms with van der Waals surface area (Å²) >= 11 is 1.48. The smallest absolute Gasteiger partial charge is 0.264 e. The van der Waals surface area contributed by atoms with Gasteiger partial charge in [0.2, 0.25) is 0 Å². The zero-order valence-corrected chi connectivity index (χ0v) is 17.9. The summed E-state index contributed by atoms with van der Waals surface area (Å²) in [6.45, 7) is 8.19. The van der Waals surface area contributed by atoms with Crippen molar-refractivity contribution >= 4 is 39.0 Å². The van der Waals surface area contributed by atoms with Crippen LogP contribution in [0.3, 0.4) is 0 Å². The Morgan fingerprint density at radius 1 is 0.967 bits per heavy atom. The van der Waals surface area contributed by atoms with Gasteiger partial charge in [-0.15, -0.1) is 11.3 Å². The summed E-state index contributed by atoms with van der Waals surface area (Å²) in [5, 5.41) is 1.02. The van der Waals surface area contributed by atoms with Crippen molar-refractivity contribution in [3.63, 3.8) is 0 Å². The Balaban J connectivity index is 1.40. The van der Waals surface area contributed by atoms with Crippen LogP contribution in [0.25, 0.3) is 10.2 Å². The molecule has 0 saturated carbocycles. The third kappa shape index (κ3) is 3.50. The number of amides is 1. The van der Waals surface area contributed by atoms with E-state index in [1.807, 2.05) is 17.9 Å². The molecule has 0 N–H and O–H groups in total. The van der Waals surface area contributed by atoms with Crippen LogP contribution in [0.2, 0.25) is 0 Å². The first-order valence-electron chi connectivity index (χ1n) is 10.4. The zero-order valence-electron chi connectivity index (χ0n) is 17.1. The van der Waals surface area contributed by atoms with Gasteiger partial charge in [-0.3, -0.25) is 4.79 Å². The summed E-state index contributed by atoms with van der Waals surface area (Å²) in [6, 6.07) is 10.5. The van der Waals surface area contributed by atoms with Crippen molar-refractivity contribution in [2.45, 2.75) is 6.92 Å². The molecule has 30 heavy (non-hydrogen) atoms. The van der Waals surface area contributed by atoms with Crippen molar-refractivity contribution in [1.29, 1.82) is 0 Å². The van der Waals surface area contributed by atoms with Gasteiger partial charge >= 0.3 is 0 Å². The Kier molecular flexibility index (Phi) is 5.26. The SMILES string of the molecule is Cc1c(C(=O)N2CCOCC2)sc2ncnc(N3CCN(c4ccccc4)CC3)c12. The van der Waals surface area contributed by atoms with Gasteiger partial charge in [-0.2, -0.15) is 0 Å². The Morgan fingerprint density at radius 2 is 1.67 bits per heavy atom. The Labute approximate surface area is 179 Å². The van der Waals surface area contributed by atoms with E-state index in [0.29, 0.717) is 26.3 Å². The molecule has 1 amide bonds. The van der Waals surface area contributed by atoms with E-state index in [4.69, 9.17) is 4.74 Å². The minimum Gasteiger partial charge on any atom is -0.378 e. The van der Waals surface area contributed by atoms with Gasteiger partial charge in [-0.1, -0.05) is 18.2 Å². The predicted octanol–water partition coefficient (Wildman–Crippen LogP) is 2.80. The van der Waals surface area contributed by atoms with Gasteiger partial charge in [0.05, 0.1) is 23.5 Å². The maximum absolute atomic E-state index is 13.1. The molecule has 7 nitrogen and oxygen atoms in total. The first kappa shape index (κ1) is 19.3. The fourth-order valence-corrected chi connectivity index (χ4v) is 5.33. The number of fused-ring (bicyclic) bond motifs is 1. The second-order valence-corrected chi connectivity index (χ2v) is 8.65. The molecule has 2 fully saturated rings. The van der Waals surface area contributed by atoms with Gasteiger partial charge < -0.3 is 19.4 Å². The number of thiophene rings is 1. The van der Waals surface area contributed by atoms with E-state index in [1.54, 1.807) is 6.33 Å². The molecule has 0 bridgehead atoms. The van der Waals surface area contributed by atoms with Gasteiger partial charge in [0.15, 0.2) is 0 Å². The quantitative estimate of drug-likeness (QED) is 0.646. The normalized spacial score (nSPS) is 17.6. The molecule has 0 radical (unpaired) electrons. The molecule has 2 aliphatic rings. The molecule has 156 valence electrons. The van der Waals surface area contributed by atoms with Crippen molar-refractivity contribution in [3.8, 4) is 0 Å². The van der Waals surface area contributed by atoms with Crippen molar-refractivity contribution in [2.24, 2.45) is 0 Å². The molecule has 2 aromatic heterocycles. The van der Waals surface area contributed by atoms with Gasteiger partial charge in [-0.25, -0.2) is 9.97 Å². The first-order valence-corrected chi connectivity index (χ1v) is 11.2. The second-order valence-electron chi connectivity index (χ2n) is 7.65. The molecule has 0 unspecified atom stereocenters. The summed E-state index contributed by atoms with van der Waals surface area (Å²) in [6.07, 6.45) is 1.63.